The van der Waals surface area contributed by atoms with E-state index in [1.807, 2.05) is 0 Å². The van der Waals surface area contributed by atoms with E-state index in [2.05, 4.69) is 5.32 Å². The van der Waals surface area contributed by atoms with Gasteiger partial charge in [-0.1, -0.05) is 24.3 Å². The number of amides is 1. The molecule has 3 nitrogen and oxygen atoms in total. The Hall–Kier alpha value is -2.57. The topological polar surface area (TPSA) is 32.3 Å². The zero-order valence-electron chi connectivity index (χ0n) is 11.8. The smallest absolute Gasteiger partial charge is 0.361 e. The molecule has 0 unspecified atom stereocenters. The second-order valence-electron chi connectivity index (χ2n) is 5.19. The van der Waals surface area contributed by atoms with Gasteiger partial charge in [0.2, 0.25) is 0 Å². The summed E-state index contributed by atoms with van der Waals surface area (Å²) in [6.45, 7) is -1.39. The lowest BCUT2D eigenvalue weighted by Gasteiger charge is -2.38. The number of carbonyl (C=O) groups excluding carboxylic acids is 1. The summed E-state index contributed by atoms with van der Waals surface area (Å²) in [5, 5.41) is 2.92. The Morgan fingerprint density at radius 3 is 2.35 bits per heavy atom. The molecule has 1 aliphatic heterocycles. The van der Waals surface area contributed by atoms with Crippen LogP contribution in [0.25, 0.3) is 0 Å². The average molecular weight is 324 g/mol. The standard InChI is InChI=1S/C16H12F4N2O/c17-11-7-5-10(6-8-11)14-21-13-4-2-1-3-12(13)15(23)22(14)9-16(18,19)20/h1-8,14,21H,9H2/t14-/m0/s1. The lowest BCUT2D eigenvalue weighted by Crippen LogP contribution is -2.47. The minimum absolute atomic E-state index is 0.176. The summed E-state index contributed by atoms with van der Waals surface area (Å²) in [5.74, 6) is -1.22. The van der Waals surface area contributed by atoms with Gasteiger partial charge < -0.3 is 10.2 Å². The molecule has 0 fully saturated rings. The maximum atomic E-state index is 13.1. The fourth-order valence-electron chi connectivity index (χ4n) is 2.56. The normalized spacial score (nSPS) is 17.7. The molecular formula is C16H12F4N2O. The third-order valence-corrected chi connectivity index (χ3v) is 3.56. The highest BCUT2D eigenvalue weighted by atomic mass is 19.4. The summed E-state index contributed by atoms with van der Waals surface area (Å²) < 4.78 is 51.6. The van der Waals surface area contributed by atoms with E-state index in [0.29, 0.717) is 16.2 Å². The number of rotatable bonds is 2. The Morgan fingerprint density at radius 1 is 1.04 bits per heavy atom. The lowest BCUT2D eigenvalue weighted by atomic mass is 10.0. The Balaban J connectivity index is 2.04. The number of hydrogen-bond acceptors (Lipinski definition) is 2. The number of alkyl halides is 3. The number of benzene rings is 2. The van der Waals surface area contributed by atoms with Gasteiger partial charge in [0, 0.05) is 5.69 Å². The number of nitrogens with zero attached hydrogens (tertiary/aromatic N) is 1. The molecule has 1 heterocycles. The summed E-state index contributed by atoms with van der Waals surface area (Å²) in [7, 11) is 0. The third kappa shape index (κ3) is 3.13. The van der Waals surface area contributed by atoms with Crippen molar-refractivity contribution in [3.05, 3.63) is 65.5 Å². The molecule has 7 heteroatoms. The number of anilines is 1. The molecule has 0 bridgehead atoms. The van der Waals surface area contributed by atoms with Crippen LogP contribution in [0.5, 0.6) is 0 Å². The molecule has 23 heavy (non-hydrogen) atoms. The van der Waals surface area contributed by atoms with Crippen molar-refractivity contribution < 1.29 is 22.4 Å². The van der Waals surface area contributed by atoms with E-state index in [9.17, 15) is 22.4 Å². The van der Waals surface area contributed by atoms with Crippen LogP contribution in [0.1, 0.15) is 22.1 Å². The largest absolute Gasteiger partial charge is 0.406 e. The van der Waals surface area contributed by atoms with Crippen molar-refractivity contribution in [2.75, 3.05) is 11.9 Å². The zero-order chi connectivity index (χ0) is 16.6. The SMILES string of the molecule is O=C1c2ccccc2N[C@H](c2ccc(F)cc2)N1CC(F)(F)F. The first-order valence-corrected chi connectivity index (χ1v) is 6.84. The first-order chi connectivity index (χ1) is 10.8. The fourth-order valence-corrected chi connectivity index (χ4v) is 2.56. The first kappa shape index (κ1) is 15.3. The predicted molar refractivity (Wildman–Crippen MR) is 76.3 cm³/mol. The van der Waals surface area contributed by atoms with Gasteiger partial charge in [-0.15, -0.1) is 0 Å². The third-order valence-electron chi connectivity index (χ3n) is 3.56. The highest BCUT2D eigenvalue weighted by molar-refractivity contribution is 6.01. The Labute approximate surface area is 129 Å². The van der Waals surface area contributed by atoms with E-state index in [1.165, 1.54) is 18.2 Å². The number of halogens is 4. The number of nitrogens with one attached hydrogen (secondary N) is 1. The van der Waals surface area contributed by atoms with Crippen molar-refractivity contribution in [3.63, 3.8) is 0 Å². The molecule has 1 N–H and O–H groups in total. The molecule has 1 atom stereocenters. The minimum Gasteiger partial charge on any atom is -0.361 e. The van der Waals surface area contributed by atoms with E-state index in [4.69, 9.17) is 0 Å². The van der Waals surface area contributed by atoms with Crippen LogP contribution >= 0.6 is 0 Å². The highest BCUT2D eigenvalue weighted by Gasteiger charge is 2.40. The van der Waals surface area contributed by atoms with Crippen LogP contribution in [0.15, 0.2) is 48.5 Å². The van der Waals surface area contributed by atoms with Crippen molar-refractivity contribution in [2.45, 2.75) is 12.3 Å². The molecule has 1 aliphatic rings. The highest BCUT2D eigenvalue weighted by Crippen LogP contribution is 2.35. The summed E-state index contributed by atoms with van der Waals surface area (Å²) >= 11 is 0. The predicted octanol–water partition coefficient (Wildman–Crippen LogP) is 3.95. The first-order valence-electron chi connectivity index (χ1n) is 6.84. The molecule has 3 rings (SSSR count). The van der Waals surface area contributed by atoms with E-state index in [0.717, 1.165) is 12.1 Å². The van der Waals surface area contributed by atoms with Gasteiger partial charge in [-0.05, 0) is 29.8 Å². The van der Waals surface area contributed by atoms with Crippen molar-refractivity contribution in [3.8, 4) is 0 Å². The van der Waals surface area contributed by atoms with E-state index < -0.39 is 30.6 Å². The van der Waals surface area contributed by atoms with E-state index in [1.54, 1.807) is 18.2 Å². The maximum absolute atomic E-state index is 13.1. The van der Waals surface area contributed by atoms with E-state index in [-0.39, 0.29) is 5.56 Å². The monoisotopic (exact) mass is 324 g/mol. The van der Waals surface area contributed by atoms with Gasteiger partial charge in [0.25, 0.3) is 5.91 Å². The summed E-state index contributed by atoms with van der Waals surface area (Å²) in [6, 6.07) is 11.4. The van der Waals surface area contributed by atoms with Crippen molar-refractivity contribution >= 4 is 11.6 Å². The number of hydrogen-bond donors (Lipinski definition) is 1. The van der Waals surface area contributed by atoms with Crippen molar-refractivity contribution in [1.29, 1.82) is 0 Å². The molecule has 0 saturated carbocycles. The molecule has 2 aromatic rings. The van der Waals surface area contributed by atoms with Gasteiger partial charge in [0.15, 0.2) is 0 Å². The van der Waals surface area contributed by atoms with Crippen LogP contribution in [0.3, 0.4) is 0 Å². The molecule has 120 valence electrons. The zero-order valence-corrected chi connectivity index (χ0v) is 11.8. The van der Waals surface area contributed by atoms with Crippen LogP contribution in [-0.2, 0) is 0 Å². The molecule has 0 aliphatic carbocycles. The minimum atomic E-state index is -4.54. The second kappa shape index (κ2) is 5.57. The van der Waals surface area contributed by atoms with Crippen LogP contribution < -0.4 is 5.32 Å². The van der Waals surface area contributed by atoms with Crippen LogP contribution in [0, 0.1) is 5.82 Å². The van der Waals surface area contributed by atoms with Gasteiger partial charge in [-0.25, -0.2) is 4.39 Å². The molecule has 0 radical (unpaired) electrons. The van der Waals surface area contributed by atoms with Crippen molar-refractivity contribution in [2.24, 2.45) is 0 Å². The average Bonchev–Trinajstić information content (AvgIpc) is 2.50. The van der Waals surface area contributed by atoms with Gasteiger partial charge in [0.05, 0.1) is 5.56 Å². The fraction of sp³-hybridized carbons (Fsp3) is 0.188. The second-order valence-corrected chi connectivity index (χ2v) is 5.19. The van der Waals surface area contributed by atoms with E-state index >= 15 is 0 Å². The van der Waals surface area contributed by atoms with Gasteiger partial charge in [0.1, 0.15) is 18.5 Å². The summed E-state index contributed by atoms with van der Waals surface area (Å²) in [5.41, 5.74) is 0.999. The Morgan fingerprint density at radius 2 is 1.70 bits per heavy atom. The van der Waals surface area contributed by atoms with Crippen molar-refractivity contribution in [1.82, 2.24) is 4.90 Å². The number of para-hydroxylation sites is 1. The van der Waals surface area contributed by atoms with Crippen LogP contribution in [-0.4, -0.2) is 23.5 Å². The summed E-state index contributed by atoms with van der Waals surface area (Å²) in [6.07, 6.45) is -5.55. The van der Waals surface area contributed by atoms with Crippen LogP contribution in [0.2, 0.25) is 0 Å². The molecule has 0 spiro atoms. The molecule has 0 saturated heterocycles. The lowest BCUT2D eigenvalue weighted by molar-refractivity contribution is -0.144. The van der Waals surface area contributed by atoms with Gasteiger partial charge >= 0.3 is 6.18 Å². The van der Waals surface area contributed by atoms with Gasteiger partial charge in [-0.3, -0.25) is 4.79 Å². The quantitative estimate of drug-likeness (QED) is 0.848. The Kier molecular flexibility index (Phi) is 3.71. The van der Waals surface area contributed by atoms with Gasteiger partial charge in [-0.2, -0.15) is 13.2 Å². The summed E-state index contributed by atoms with van der Waals surface area (Å²) in [4.78, 5) is 13.2. The molecular weight excluding hydrogens is 312 g/mol. The Bertz CT molecular complexity index is 728. The maximum Gasteiger partial charge on any atom is 0.406 e. The molecule has 1 amide bonds. The van der Waals surface area contributed by atoms with Crippen LogP contribution in [0.4, 0.5) is 23.2 Å². The molecule has 0 aromatic heterocycles. The molecule has 2 aromatic carbocycles. The number of carbonyl (C=O) groups is 1. The number of fused-ring (bicyclic) bond motifs is 1.